The third-order valence-corrected chi connectivity index (χ3v) is 3.80. The Hall–Kier alpha value is -2.64. The minimum Gasteiger partial charge on any atom is -0.394 e. The van der Waals surface area contributed by atoms with E-state index in [0.717, 1.165) is 23.4 Å². The van der Waals surface area contributed by atoms with E-state index >= 15 is 0 Å². The van der Waals surface area contributed by atoms with Gasteiger partial charge < -0.3 is 10.4 Å². The molecule has 130 valence electrons. The van der Waals surface area contributed by atoms with Crippen molar-refractivity contribution in [2.45, 2.75) is 12.6 Å². The molecule has 4 nitrogen and oxygen atoms in total. The van der Waals surface area contributed by atoms with E-state index in [4.69, 9.17) is 0 Å². The molecule has 0 spiro atoms. The summed E-state index contributed by atoms with van der Waals surface area (Å²) >= 11 is 0. The molecule has 1 unspecified atom stereocenters. The molecule has 0 aliphatic rings. The summed E-state index contributed by atoms with van der Waals surface area (Å²) in [5, 5.41) is 16.7. The van der Waals surface area contributed by atoms with Crippen molar-refractivity contribution < 1.29 is 18.3 Å². The molecule has 7 heteroatoms. The number of nitrogens with one attached hydrogen (secondary N) is 1. The highest BCUT2D eigenvalue weighted by molar-refractivity contribution is 5.31. The van der Waals surface area contributed by atoms with Crippen LogP contribution in [0.25, 0.3) is 5.69 Å². The molecule has 0 aliphatic carbocycles. The van der Waals surface area contributed by atoms with Crippen LogP contribution in [0.4, 0.5) is 13.2 Å². The summed E-state index contributed by atoms with van der Waals surface area (Å²) in [6.45, 7) is -0.0734. The topological polar surface area (TPSA) is 50.1 Å². The van der Waals surface area contributed by atoms with Gasteiger partial charge in [-0.25, -0.2) is 17.9 Å². The monoisotopic (exact) mass is 347 g/mol. The zero-order valence-electron chi connectivity index (χ0n) is 13.2. The van der Waals surface area contributed by atoms with Gasteiger partial charge in [0.1, 0.15) is 0 Å². The molecule has 0 aliphatic heterocycles. The average Bonchev–Trinajstić information content (AvgIpc) is 3.10. The lowest BCUT2D eigenvalue weighted by Gasteiger charge is -2.16. The van der Waals surface area contributed by atoms with E-state index in [9.17, 15) is 18.3 Å². The van der Waals surface area contributed by atoms with Gasteiger partial charge in [0.25, 0.3) is 0 Å². The Morgan fingerprint density at radius 1 is 1.08 bits per heavy atom. The molecule has 2 N–H and O–H groups in total. The van der Waals surface area contributed by atoms with Crippen molar-refractivity contribution in [3.63, 3.8) is 0 Å². The molecule has 0 radical (unpaired) electrons. The largest absolute Gasteiger partial charge is 0.394 e. The minimum absolute atomic E-state index is 0.134. The standard InChI is InChI=1S/C18H16F3N3O/c19-15-6-13(7-16(20)18(15)21)17(11-25)22-8-12-9-23-24(10-12)14-4-2-1-3-5-14/h1-7,9-10,17,22,25H,8,11H2. The molecule has 0 saturated heterocycles. The third kappa shape index (κ3) is 3.89. The molecule has 2 aromatic carbocycles. The van der Waals surface area contributed by atoms with Crippen molar-refractivity contribution in [2.75, 3.05) is 6.61 Å². The second-order valence-corrected chi connectivity index (χ2v) is 5.54. The number of benzene rings is 2. The Morgan fingerprint density at radius 2 is 1.76 bits per heavy atom. The number of rotatable bonds is 6. The van der Waals surface area contributed by atoms with Gasteiger partial charge in [0.15, 0.2) is 17.5 Å². The molecular formula is C18H16F3N3O. The molecule has 25 heavy (non-hydrogen) atoms. The number of nitrogens with zero attached hydrogens (tertiary/aromatic N) is 2. The van der Waals surface area contributed by atoms with Gasteiger partial charge in [0, 0.05) is 18.3 Å². The SMILES string of the molecule is OCC(NCc1cnn(-c2ccccc2)c1)c1cc(F)c(F)c(F)c1. The third-order valence-electron chi connectivity index (χ3n) is 3.80. The van der Waals surface area contributed by atoms with Crippen LogP contribution in [0.2, 0.25) is 0 Å². The van der Waals surface area contributed by atoms with E-state index in [1.165, 1.54) is 0 Å². The van der Waals surface area contributed by atoms with Gasteiger partial charge in [-0.3, -0.25) is 0 Å². The van der Waals surface area contributed by atoms with Gasteiger partial charge >= 0.3 is 0 Å². The number of aliphatic hydroxyl groups excluding tert-OH is 1. The van der Waals surface area contributed by atoms with Crippen LogP contribution in [0.3, 0.4) is 0 Å². The fourth-order valence-corrected chi connectivity index (χ4v) is 2.48. The first kappa shape index (κ1) is 17.2. The average molecular weight is 347 g/mol. The number of aliphatic hydroxyl groups is 1. The molecule has 0 amide bonds. The summed E-state index contributed by atoms with van der Waals surface area (Å²) in [6, 6.07) is 10.5. The minimum atomic E-state index is -1.52. The number of halogens is 3. The lowest BCUT2D eigenvalue weighted by atomic mass is 10.1. The lowest BCUT2D eigenvalue weighted by molar-refractivity contribution is 0.242. The predicted octanol–water partition coefficient (Wildman–Crippen LogP) is 3.11. The molecule has 3 aromatic rings. The smallest absolute Gasteiger partial charge is 0.194 e. The van der Waals surface area contributed by atoms with Crippen LogP contribution in [-0.4, -0.2) is 21.5 Å². The summed E-state index contributed by atoms with van der Waals surface area (Å²) in [5.74, 6) is -4.09. The van der Waals surface area contributed by atoms with Crippen LogP contribution in [0, 0.1) is 17.5 Å². The molecule has 0 bridgehead atoms. The summed E-state index contributed by atoms with van der Waals surface area (Å²) in [7, 11) is 0. The van der Waals surface area contributed by atoms with Crippen LogP contribution >= 0.6 is 0 Å². The van der Waals surface area contributed by atoms with Crippen LogP contribution in [0.15, 0.2) is 54.9 Å². The molecule has 0 saturated carbocycles. The first-order chi connectivity index (χ1) is 12.1. The van der Waals surface area contributed by atoms with E-state index in [0.29, 0.717) is 6.54 Å². The van der Waals surface area contributed by atoms with Crippen molar-refractivity contribution in [2.24, 2.45) is 0 Å². The number of aromatic nitrogens is 2. The maximum atomic E-state index is 13.4. The van der Waals surface area contributed by atoms with Crippen molar-refractivity contribution in [1.82, 2.24) is 15.1 Å². The van der Waals surface area contributed by atoms with Crippen LogP contribution < -0.4 is 5.32 Å². The first-order valence-electron chi connectivity index (χ1n) is 7.66. The number of hydrogen-bond donors (Lipinski definition) is 2. The van der Waals surface area contributed by atoms with Crippen LogP contribution in [0.1, 0.15) is 17.2 Å². The van der Waals surface area contributed by atoms with Gasteiger partial charge in [-0.05, 0) is 29.8 Å². The van der Waals surface area contributed by atoms with E-state index in [2.05, 4.69) is 10.4 Å². The molecule has 0 fully saturated rings. The Morgan fingerprint density at radius 3 is 2.40 bits per heavy atom. The zero-order chi connectivity index (χ0) is 17.8. The van der Waals surface area contributed by atoms with E-state index in [1.807, 2.05) is 36.5 Å². The molecule has 1 atom stereocenters. The van der Waals surface area contributed by atoms with Gasteiger partial charge in [-0.1, -0.05) is 18.2 Å². The van der Waals surface area contributed by atoms with Gasteiger partial charge in [-0.15, -0.1) is 0 Å². The predicted molar refractivity (Wildman–Crippen MR) is 86.5 cm³/mol. The fraction of sp³-hybridized carbons (Fsp3) is 0.167. The second-order valence-electron chi connectivity index (χ2n) is 5.54. The highest BCUT2D eigenvalue weighted by Gasteiger charge is 2.17. The van der Waals surface area contributed by atoms with E-state index in [1.54, 1.807) is 10.9 Å². The van der Waals surface area contributed by atoms with Crippen molar-refractivity contribution in [1.29, 1.82) is 0 Å². The highest BCUT2D eigenvalue weighted by Crippen LogP contribution is 2.20. The first-order valence-corrected chi connectivity index (χ1v) is 7.66. The van der Waals surface area contributed by atoms with Crippen molar-refractivity contribution >= 4 is 0 Å². The van der Waals surface area contributed by atoms with E-state index < -0.39 is 30.1 Å². The highest BCUT2D eigenvalue weighted by atomic mass is 19.2. The van der Waals surface area contributed by atoms with Gasteiger partial charge in [0.05, 0.1) is 24.5 Å². The van der Waals surface area contributed by atoms with Crippen molar-refractivity contribution in [3.05, 3.63) is 83.4 Å². The molecule has 1 aromatic heterocycles. The maximum Gasteiger partial charge on any atom is 0.194 e. The summed E-state index contributed by atoms with van der Waals surface area (Å²) < 4.78 is 41.5. The van der Waals surface area contributed by atoms with E-state index in [-0.39, 0.29) is 5.56 Å². The van der Waals surface area contributed by atoms with Crippen LogP contribution in [-0.2, 0) is 6.54 Å². The normalized spacial score (nSPS) is 12.3. The maximum absolute atomic E-state index is 13.4. The fourth-order valence-electron chi connectivity index (χ4n) is 2.48. The van der Waals surface area contributed by atoms with Crippen molar-refractivity contribution in [3.8, 4) is 5.69 Å². The Balaban J connectivity index is 1.71. The van der Waals surface area contributed by atoms with Gasteiger partial charge in [0.2, 0.25) is 0 Å². The summed E-state index contributed by atoms with van der Waals surface area (Å²) in [5.41, 5.74) is 1.86. The summed E-state index contributed by atoms with van der Waals surface area (Å²) in [4.78, 5) is 0. The molecule has 1 heterocycles. The number of hydrogen-bond acceptors (Lipinski definition) is 3. The quantitative estimate of drug-likeness (QED) is 0.674. The number of para-hydroxylation sites is 1. The molecular weight excluding hydrogens is 331 g/mol. The Kier molecular flexibility index (Phi) is 5.16. The Labute approximate surface area is 142 Å². The molecule has 3 rings (SSSR count). The van der Waals surface area contributed by atoms with Gasteiger partial charge in [-0.2, -0.15) is 5.10 Å². The zero-order valence-corrected chi connectivity index (χ0v) is 13.2. The van der Waals surface area contributed by atoms with Crippen LogP contribution in [0.5, 0.6) is 0 Å². The lowest BCUT2D eigenvalue weighted by Crippen LogP contribution is -2.24. The second kappa shape index (κ2) is 7.50. The Bertz CT molecular complexity index is 829. The summed E-state index contributed by atoms with van der Waals surface area (Å²) in [6.07, 6.45) is 3.46.